The molecule has 0 fully saturated rings. The normalized spacial score (nSPS) is 10.3. The first-order chi connectivity index (χ1) is 9.49. The van der Waals surface area contributed by atoms with Gasteiger partial charge in [0.1, 0.15) is 18.1 Å². The van der Waals surface area contributed by atoms with Crippen LogP contribution in [0, 0.1) is 17.0 Å². The topological polar surface area (TPSA) is 72.6 Å². The van der Waals surface area contributed by atoms with Gasteiger partial charge < -0.3 is 9.84 Å². The molecule has 0 aliphatic carbocycles. The van der Waals surface area contributed by atoms with Crippen LogP contribution in [0.25, 0.3) is 0 Å². The van der Waals surface area contributed by atoms with E-state index in [0.29, 0.717) is 16.9 Å². The van der Waals surface area contributed by atoms with Crippen LogP contribution in [-0.4, -0.2) is 10.0 Å². The monoisotopic (exact) mass is 293 g/mol. The second-order valence-corrected chi connectivity index (χ2v) is 4.65. The van der Waals surface area contributed by atoms with Gasteiger partial charge in [-0.05, 0) is 24.6 Å². The number of ether oxygens (including phenoxy) is 1. The number of nitrogens with zero attached hydrogens (tertiary/aromatic N) is 1. The zero-order chi connectivity index (χ0) is 14.7. The lowest BCUT2D eigenvalue weighted by atomic mass is 10.2. The van der Waals surface area contributed by atoms with Crippen LogP contribution in [0.1, 0.15) is 11.1 Å². The number of nitro groups is 1. The summed E-state index contributed by atoms with van der Waals surface area (Å²) in [5.41, 5.74) is 1.07. The standard InChI is InChI=1S/C14H12ClNO4/c1-9-6-14(11(15)7-13(9)17)20-8-10-4-2-3-5-12(10)16(18)19/h2-7,17H,8H2,1H3. The number of nitro benzene ring substituents is 1. The molecule has 0 aromatic heterocycles. The quantitative estimate of drug-likeness (QED) is 0.686. The van der Waals surface area contributed by atoms with Crippen LogP contribution in [-0.2, 0) is 6.61 Å². The van der Waals surface area contributed by atoms with Gasteiger partial charge in [0.15, 0.2) is 0 Å². The van der Waals surface area contributed by atoms with Crippen molar-refractivity contribution in [2.45, 2.75) is 13.5 Å². The second-order valence-electron chi connectivity index (χ2n) is 4.24. The maximum Gasteiger partial charge on any atom is 0.276 e. The van der Waals surface area contributed by atoms with Crippen molar-refractivity contribution in [2.75, 3.05) is 0 Å². The Bertz CT molecular complexity index is 658. The smallest absolute Gasteiger partial charge is 0.276 e. The molecule has 2 aromatic rings. The van der Waals surface area contributed by atoms with Crippen LogP contribution in [0.15, 0.2) is 36.4 Å². The van der Waals surface area contributed by atoms with E-state index in [4.69, 9.17) is 16.3 Å². The molecular formula is C14H12ClNO4. The van der Waals surface area contributed by atoms with E-state index in [1.807, 2.05) is 0 Å². The molecule has 2 rings (SSSR count). The highest BCUT2D eigenvalue weighted by molar-refractivity contribution is 6.32. The van der Waals surface area contributed by atoms with Gasteiger partial charge in [0.25, 0.3) is 5.69 Å². The van der Waals surface area contributed by atoms with Crippen molar-refractivity contribution in [2.24, 2.45) is 0 Å². The van der Waals surface area contributed by atoms with Crippen LogP contribution in [0.5, 0.6) is 11.5 Å². The lowest BCUT2D eigenvalue weighted by Gasteiger charge is -2.10. The average Bonchev–Trinajstić information content (AvgIpc) is 2.41. The number of para-hydroxylation sites is 1. The zero-order valence-corrected chi connectivity index (χ0v) is 11.4. The third-order valence-electron chi connectivity index (χ3n) is 2.82. The zero-order valence-electron chi connectivity index (χ0n) is 10.7. The summed E-state index contributed by atoms with van der Waals surface area (Å²) in [7, 11) is 0. The van der Waals surface area contributed by atoms with Gasteiger partial charge in [-0.2, -0.15) is 0 Å². The number of rotatable bonds is 4. The Balaban J connectivity index is 2.21. The molecule has 0 amide bonds. The molecule has 1 N–H and O–H groups in total. The van der Waals surface area contributed by atoms with E-state index in [0.717, 1.165) is 0 Å². The molecule has 0 aliphatic rings. The van der Waals surface area contributed by atoms with Crippen molar-refractivity contribution in [1.29, 1.82) is 0 Å². The number of aryl methyl sites for hydroxylation is 1. The molecule has 0 radical (unpaired) electrons. The molecule has 0 atom stereocenters. The lowest BCUT2D eigenvalue weighted by molar-refractivity contribution is -0.385. The first-order valence-corrected chi connectivity index (χ1v) is 6.21. The summed E-state index contributed by atoms with van der Waals surface area (Å²) < 4.78 is 5.50. The Kier molecular flexibility index (Phi) is 4.10. The van der Waals surface area contributed by atoms with Crippen molar-refractivity contribution in [3.63, 3.8) is 0 Å². The molecule has 5 nitrogen and oxygen atoms in total. The molecule has 0 unspecified atom stereocenters. The first kappa shape index (κ1) is 14.1. The molecule has 0 aliphatic heterocycles. The van der Waals surface area contributed by atoms with E-state index < -0.39 is 4.92 Å². The summed E-state index contributed by atoms with van der Waals surface area (Å²) in [6, 6.07) is 9.31. The van der Waals surface area contributed by atoms with E-state index in [2.05, 4.69) is 0 Å². The summed E-state index contributed by atoms with van der Waals surface area (Å²) in [5.74, 6) is 0.452. The number of halogens is 1. The van der Waals surface area contributed by atoms with E-state index >= 15 is 0 Å². The van der Waals surface area contributed by atoms with E-state index in [-0.39, 0.29) is 23.1 Å². The fourth-order valence-corrected chi connectivity index (χ4v) is 1.93. The van der Waals surface area contributed by atoms with Crippen LogP contribution < -0.4 is 4.74 Å². The minimum atomic E-state index is -0.456. The Morgan fingerprint density at radius 3 is 2.75 bits per heavy atom. The van der Waals surface area contributed by atoms with Gasteiger partial charge >= 0.3 is 0 Å². The summed E-state index contributed by atoms with van der Waals surface area (Å²) >= 11 is 5.95. The molecule has 0 saturated carbocycles. The van der Waals surface area contributed by atoms with Crippen LogP contribution in [0.3, 0.4) is 0 Å². The summed E-state index contributed by atoms with van der Waals surface area (Å²) in [4.78, 5) is 10.4. The van der Waals surface area contributed by atoms with E-state index in [1.165, 1.54) is 12.1 Å². The third kappa shape index (κ3) is 3.00. The molecule has 20 heavy (non-hydrogen) atoms. The minimum Gasteiger partial charge on any atom is -0.508 e. The van der Waals surface area contributed by atoms with E-state index in [9.17, 15) is 15.2 Å². The molecule has 0 bridgehead atoms. The van der Waals surface area contributed by atoms with Crippen molar-refractivity contribution >= 4 is 17.3 Å². The predicted molar refractivity (Wildman–Crippen MR) is 75.3 cm³/mol. The van der Waals surface area contributed by atoms with Gasteiger partial charge in [-0.25, -0.2) is 0 Å². The van der Waals surface area contributed by atoms with Crippen LogP contribution >= 0.6 is 11.6 Å². The second kappa shape index (κ2) is 5.79. The maximum absolute atomic E-state index is 10.9. The molecule has 104 valence electrons. The number of hydrogen-bond acceptors (Lipinski definition) is 4. The molecule has 6 heteroatoms. The minimum absolute atomic E-state index is 0.000812. The highest BCUT2D eigenvalue weighted by Gasteiger charge is 2.14. The largest absolute Gasteiger partial charge is 0.508 e. The number of benzene rings is 2. The fraction of sp³-hybridized carbons (Fsp3) is 0.143. The Morgan fingerprint density at radius 2 is 2.05 bits per heavy atom. The Hall–Kier alpha value is -2.27. The fourth-order valence-electron chi connectivity index (χ4n) is 1.72. The molecular weight excluding hydrogens is 282 g/mol. The molecule has 0 heterocycles. The van der Waals surface area contributed by atoms with Crippen LogP contribution in [0.4, 0.5) is 5.69 Å². The lowest BCUT2D eigenvalue weighted by Crippen LogP contribution is -2.01. The van der Waals surface area contributed by atoms with Gasteiger partial charge in [-0.15, -0.1) is 0 Å². The van der Waals surface area contributed by atoms with Gasteiger partial charge in [0, 0.05) is 12.1 Å². The van der Waals surface area contributed by atoms with Gasteiger partial charge in [-0.3, -0.25) is 10.1 Å². The number of phenols is 1. The van der Waals surface area contributed by atoms with Gasteiger partial charge in [0.05, 0.1) is 15.5 Å². The molecule has 0 spiro atoms. The summed E-state index contributed by atoms with van der Waals surface area (Å²) in [6.45, 7) is 1.74. The van der Waals surface area contributed by atoms with Crippen molar-refractivity contribution in [3.05, 3.63) is 62.7 Å². The van der Waals surface area contributed by atoms with E-state index in [1.54, 1.807) is 31.2 Å². The first-order valence-electron chi connectivity index (χ1n) is 5.83. The highest BCUT2D eigenvalue weighted by Crippen LogP contribution is 2.32. The summed E-state index contributed by atoms with van der Waals surface area (Å²) in [6.07, 6.45) is 0. The summed E-state index contributed by atoms with van der Waals surface area (Å²) in [5, 5.41) is 20.6. The SMILES string of the molecule is Cc1cc(OCc2ccccc2[N+](=O)[O-])c(Cl)cc1O. The van der Waals surface area contributed by atoms with Crippen molar-refractivity contribution in [1.82, 2.24) is 0 Å². The van der Waals surface area contributed by atoms with Gasteiger partial charge in [-0.1, -0.05) is 23.7 Å². The predicted octanol–water partition coefficient (Wildman–Crippen LogP) is 3.84. The Morgan fingerprint density at radius 1 is 1.35 bits per heavy atom. The van der Waals surface area contributed by atoms with Crippen molar-refractivity contribution < 1.29 is 14.8 Å². The number of hydrogen-bond donors (Lipinski definition) is 1. The van der Waals surface area contributed by atoms with Crippen LogP contribution in [0.2, 0.25) is 5.02 Å². The number of aromatic hydroxyl groups is 1. The third-order valence-corrected chi connectivity index (χ3v) is 3.12. The molecule has 0 saturated heterocycles. The average molecular weight is 294 g/mol. The van der Waals surface area contributed by atoms with Crippen molar-refractivity contribution in [3.8, 4) is 11.5 Å². The number of phenolic OH excluding ortho intramolecular Hbond substituents is 1. The highest BCUT2D eigenvalue weighted by atomic mass is 35.5. The molecule has 2 aromatic carbocycles. The Labute approximate surface area is 120 Å². The van der Waals surface area contributed by atoms with Gasteiger partial charge in [0.2, 0.25) is 0 Å². The maximum atomic E-state index is 10.9.